The second-order valence-corrected chi connectivity index (χ2v) is 11.7. The largest absolute Gasteiger partial charge is 0.497 e. The number of piperidine rings is 1. The summed E-state index contributed by atoms with van der Waals surface area (Å²) in [5.41, 5.74) is 1.05. The van der Waals surface area contributed by atoms with Gasteiger partial charge in [0.2, 0.25) is 0 Å². The van der Waals surface area contributed by atoms with Crippen LogP contribution in [0, 0.1) is 0 Å². The van der Waals surface area contributed by atoms with Crippen LogP contribution in [-0.4, -0.2) is 90.8 Å². The number of carbonyl (C=O) groups is 3. The molecule has 3 aromatic rings. The Morgan fingerprint density at radius 1 is 0.891 bits per heavy atom. The number of carbonyl (C=O) groups excluding carboxylic acids is 2. The predicted octanol–water partition coefficient (Wildman–Crippen LogP) is 3.54. The highest BCUT2D eigenvalue weighted by Gasteiger charge is 2.61. The smallest absolute Gasteiger partial charge is 0.333 e. The molecule has 46 heavy (non-hydrogen) atoms. The Hall–Kier alpha value is -4.29. The average Bonchev–Trinajstić information content (AvgIpc) is 3.19. The Labute approximate surface area is 267 Å². The van der Waals surface area contributed by atoms with E-state index in [1.54, 1.807) is 14.2 Å². The lowest BCUT2D eigenvalue weighted by Crippen LogP contribution is -2.54. The molecule has 5 rings (SSSR count). The van der Waals surface area contributed by atoms with Gasteiger partial charge in [-0.05, 0) is 48.0 Å². The van der Waals surface area contributed by atoms with E-state index in [0.29, 0.717) is 17.8 Å². The summed E-state index contributed by atoms with van der Waals surface area (Å²) in [6.07, 6.45) is -3.36. The van der Waals surface area contributed by atoms with Crippen LogP contribution in [0.1, 0.15) is 42.9 Å². The number of carboxylic acid groups (broad SMARTS) is 1. The summed E-state index contributed by atoms with van der Waals surface area (Å²) in [6.45, 7) is 1.31. The maximum atomic E-state index is 12.5. The Kier molecular flexibility index (Phi) is 9.78. The number of fused-ring (bicyclic) bond motifs is 2. The molecule has 244 valence electrons. The zero-order valence-electron chi connectivity index (χ0n) is 26.2. The van der Waals surface area contributed by atoms with Gasteiger partial charge in [0.05, 0.1) is 20.3 Å². The third kappa shape index (κ3) is 6.36. The normalized spacial score (nSPS) is 25.0. The van der Waals surface area contributed by atoms with Crippen molar-refractivity contribution in [2.45, 2.75) is 68.0 Å². The number of carboxylic acids is 1. The molecule has 2 saturated heterocycles. The minimum atomic E-state index is -1.93. The van der Waals surface area contributed by atoms with Crippen LogP contribution in [0.3, 0.4) is 0 Å². The molecule has 0 spiro atoms. The van der Waals surface area contributed by atoms with Gasteiger partial charge in [-0.3, -0.25) is 9.69 Å². The molecular formula is C35H39NO10. The fourth-order valence-electron chi connectivity index (χ4n) is 6.77. The van der Waals surface area contributed by atoms with Gasteiger partial charge in [0.1, 0.15) is 35.6 Å². The average molecular weight is 634 g/mol. The number of aliphatic carboxylic acids is 1. The third-order valence-corrected chi connectivity index (χ3v) is 8.92. The SMILES string of the molecule is COc1ccc(C(O[C@@H]2[C@H](OC(C)=O)[C@H]3CC(O)(OC(CC=O)C(=O)O)C[C@@H]2N3C)(c2ccccc2)c2ccc(OC)cc2)cc1. The molecule has 2 aliphatic heterocycles. The van der Waals surface area contributed by atoms with Crippen molar-refractivity contribution >= 4 is 18.2 Å². The Balaban J connectivity index is 1.67. The van der Waals surface area contributed by atoms with E-state index in [1.807, 2.05) is 90.8 Å². The van der Waals surface area contributed by atoms with Gasteiger partial charge >= 0.3 is 11.9 Å². The number of aliphatic hydroxyl groups is 1. The van der Waals surface area contributed by atoms with Crippen molar-refractivity contribution in [3.8, 4) is 11.5 Å². The molecule has 0 amide bonds. The standard InChI is InChI=1S/C35H39NO10/c1-22(38)44-31-28-20-34(41,45-30(18-19-37)33(39)40)21-29(36(28)2)32(31)46-35(23-8-6-5-7-9-23,24-10-14-26(42-3)15-11-24)25-12-16-27(43-4)17-13-25/h5-17,19,28-32,41H,18,20-21H2,1-4H3,(H,39,40)/t28-,29+,30?,31-,32+,34?/m1/s1. The van der Waals surface area contributed by atoms with E-state index in [9.17, 15) is 24.6 Å². The number of nitrogens with zero attached hydrogens (tertiary/aromatic N) is 1. The molecule has 2 unspecified atom stereocenters. The molecule has 3 aromatic carbocycles. The second kappa shape index (κ2) is 13.6. The van der Waals surface area contributed by atoms with Crippen LogP contribution in [-0.2, 0) is 34.2 Å². The van der Waals surface area contributed by atoms with Crippen LogP contribution < -0.4 is 9.47 Å². The van der Waals surface area contributed by atoms with E-state index in [4.69, 9.17) is 23.7 Å². The molecule has 0 aromatic heterocycles. The molecule has 2 bridgehead atoms. The second-order valence-electron chi connectivity index (χ2n) is 11.7. The summed E-state index contributed by atoms with van der Waals surface area (Å²) in [7, 11) is 5.02. The van der Waals surface area contributed by atoms with Gasteiger partial charge in [-0.15, -0.1) is 0 Å². The number of aldehydes is 1. The van der Waals surface area contributed by atoms with Crippen molar-refractivity contribution in [1.82, 2.24) is 4.90 Å². The quantitative estimate of drug-likeness (QED) is 0.124. The van der Waals surface area contributed by atoms with Gasteiger partial charge in [0.15, 0.2) is 11.9 Å². The summed E-state index contributed by atoms with van der Waals surface area (Å²) in [4.78, 5) is 37.6. The summed E-state index contributed by atoms with van der Waals surface area (Å²) < 4.78 is 29.9. The van der Waals surface area contributed by atoms with Gasteiger partial charge < -0.3 is 38.7 Å². The van der Waals surface area contributed by atoms with Crippen LogP contribution >= 0.6 is 0 Å². The molecule has 6 atom stereocenters. The van der Waals surface area contributed by atoms with E-state index in [0.717, 1.165) is 16.7 Å². The number of methoxy groups -OCH3 is 2. The highest BCUT2D eigenvalue weighted by molar-refractivity contribution is 5.75. The summed E-state index contributed by atoms with van der Waals surface area (Å²) in [5, 5.41) is 21.4. The van der Waals surface area contributed by atoms with Crippen LogP contribution in [0.5, 0.6) is 11.5 Å². The first-order valence-electron chi connectivity index (χ1n) is 15.0. The highest BCUT2D eigenvalue weighted by Crippen LogP contribution is 2.49. The lowest BCUT2D eigenvalue weighted by molar-refractivity contribution is -0.262. The van der Waals surface area contributed by atoms with Crippen LogP contribution in [0.25, 0.3) is 0 Å². The fourth-order valence-corrected chi connectivity index (χ4v) is 6.77. The Morgan fingerprint density at radius 3 is 1.85 bits per heavy atom. The van der Waals surface area contributed by atoms with Gasteiger partial charge in [-0.2, -0.15) is 0 Å². The Bertz CT molecular complexity index is 1470. The van der Waals surface area contributed by atoms with E-state index in [2.05, 4.69) is 0 Å². The summed E-state index contributed by atoms with van der Waals surface area (Å²) in [5.74, 6) is -2.52. The third-order valence-electron chi connectivity index (χ3n) is 8.92. The number of ether oxygens (including phenoxy) is 5. The van der Waals surface area contributed by atoms with Crippen molar-refractivity contribution in [3.63, 3.8) is 0 Å². The number of rotatable bonds is 13. The lowest BCUT2D eigenvalue weighted by atomic mass is 9.79. The maximum Gasteiger partial charge on any atom is 0.333 e. The molecule has 11 heteroatoms. The van der Waals surface area contributed by atoms with Crippen molar-refractivity contribution in [2.75, 3.05) is 21.3 Å². The molecule has 2 heterocycles. The van der Waals surface area contributed by atoms with Gasteiger partial charge in [0.25, 0.3) is 0 Å². The molecular weight excluding hydrogens is 594 g/mol. The number of benzene rings is 3. The molecule has 2 N–H and O–H groups in total. The number of likely N-dealkylation sites (N-methyl/N-ethyl adjacent to an activating group) is 1. The first kappa shape index (κ1) is 33.1. The molecule has 0 radical (unpaired) electrons. The predicted molar refractivity (Wildman–Crippen MR) is 165 cm³/mol. The monoisotopic (exact) mass is 633 g/mol. The van der Waals surface area contributed by atoms with Crippen LogP contribution in [0.15, 0.2) is 78.9 Å². The van der Waals surface area contributed by atoms with Crippen molar-refractivity contribution in [2.24, 2.45) is 0 Å². The van der Waals surface area contributed by atoms with E-state index in [-0.39, 0.29) is 12.8 Å². The molecule has 2 fully saturated rings. The zero-order valence-corrected chi connectivity index (χ0v) is 26.2. The minimum absolute atomic E-state index is 0.0683. The van der Waals surface area contributed by atoms with Crippen molar-refractivity contribution < 1.29 is 48.3 Å². The number of esters is 1. The maximum absolute atomic E-state index is 12.5. The highest BCUT2D eigenvalue weighted by atomic mass is 16.6. The topological polar surface area (TPSA) is 141 Å². The number of hydrogen-bond donors (Lipinski definition) is 2. The first-order valence-corrected chi connectivity index (χ1v) is 15.0. The summed E-state index contributed by atoms with van der Waals surface area (Å²) >= 11 is 0. The zero-order chi connectivity index (χ0) is 33.1. The van der Waals surface area contributed by atoms with Gasteiger partial charge in [-0.25, -0.2) is 4.79 Å². The molecule has 2 aliphatic rings. The van der Waals surface area contributed by atoms with Crippen molar-refractivity contribution in [1.29, 1.82) is 0 Å². The Morgan fingerprint density at radius 2 is 1.39 bits per heavy atom. The molecule has 0 aliphatic carbocycles. The van der Waals surface area contributed by atoms with Crippen LogP contribution in [0.4, 0.5) is 0 Å². The van der Waals surface area contributed by atoms with Crippen molar-refractivity contribution in [3.05, 3.63) is 95.6 Å². The van der Waals surface area contributed by atoms with E-state index < -0.39 is 60.1 Å². The lowest BCUT2D eigenvalue weighted by Gasteiger charge is -2.43. The minimum Gasteiger partial charge on any atom is -0.497 e. The molecule has 0 saturated carbocycles. The first-order chi connectivity index (χ1) is 22.0. The summed E-state index contributed by atoms with van der Waals surface area (Å²) in [6, 6.07) is 23.5. The molecule has 11 nitrogen and oxygen atoms in total. The van der Waals surface area contributed by atoms with E-state index in [1.165, 1.54) is 6.92 Å². The van der Waals surface area contributed by atoms with Gasteiger partial charge in [-0.1, -0.05) is 54.6 Å². The fraction of sp³-hybridized carbons (Fsp3) is 0.400. The van der Waals surface area contributed by atoms with Gasteiger partial charge in [0, 0.05) is 32.2 Å². The van der Waals surface area contributed by atoms with Crippen LogP contribution in [0.2, 0.25) is 0 Å². The van der Waals surface area contributed by atoms with E-state index >= 15 is 0 Å². The number of hydrogen-bond acceptors (Lipinski definition) is 10.